The lowest BCUT2D eigenvalue weighted by molar-refractivity contribution is 0.0950. The zero-order valence-corrected chi connectivity index (χ0v) is 14.0. The van der Waals surface area contributed by atoms with Crippen LogP contribution in [0, 0.1) is 27.7 Å². The van der Waals surface area contributed by atoms with Crippen LogP contribution in [0.5, 0.6) is 0 Å². The van der Waals surface area contributed by atoms with Crippen LogP contribution < -0.4 is 10.9 Å². The van der Waals surface area contributed by atoms with Gasteiger partial charge in [0.05, 0.1) is 12.2 Å². The van der Waals surface area contributed by atoms with Crippen LogP contribution in [0.25, 0.3) is 0 Å². The van der Waals surface area contributed by atoms with Gasteiger partial charge in [-0.1, -0.05) is 0 Å². The highest BCUT2D eigenvalue weighted by atomic mass is 16.3. The van der Waals surface area contributed by atoms with E-state index in [1.165, 1.54) is 0 Å². The maximum atomic E-state index is 12.4. The van der Waals surface area contributed by atoms with Gasteiger partial charge in [-0.25, -0.2) is 0 Å². The minimum absolute atomic E-state index is 0.0232. The third-order valence-electron chi connectivity index (χ3n) is 4.06. The summed E-state index contributed by atoms with van der Waals surface area (Å²) in [6.07, 6.45) is 0. The molecule has 0 radical (unpaired) electrons. The molecule has 0 aliphatic carbocycles. The molecule has 0 aromatic carbocycles. The van der Waals surface area contributed by atoms with Gasteiger partial charge in [0.15, 0.2) is 0 Å². The van der Waals surface area contributed by atoms with Gasteiger partial charge in [0.1, 0.15) is 0 Å². The molecule has 0 aliphatic heterocycles. The predicted molar refractivity (Wildman–Crippen MR) is 88.7 cm³/mol. The molecule has 0 spiro atoms. The highest BCUT2D eigenvalue weighted by molar-refractivity contribution is 5.95. The van der Waals surface area contributed by atoms with E-state index in [4.69, 9.17) is 5.11 Å². The van der Waals surface area contributed by atoms with Crippen LogP contribution in [-0.4, -0.2) is 27.2 Å². The molecule has 3 N–H and O–H groups in total. The van der Waals surface area contributed by atoms with E-state index in [9.17, 15) is 9.59 Å². The molecule has 2 heterocycles. The third-order valence-corrected chi connectivity index (χ3v) is 4.06. The molecular weight excluding hydrogens is 294 g/mol. The standard InChI is InChI=1S/C17H23N3O3/c1-10-7-11(2)19-17(23)15(10)9-18-16(22)14-8-12(3)20(5-6-21)13(14)4/h7-8,21H,5-6,9H2,1-4H3,(H,18,22)(H,19,23). The van der Waals surface area contributed by atoms with Crippen LogP contribution in [0.15, 0.2) is 16.9 Å². The number of rotatable bonds is 5. The number of amides is 1. The molecule has 0 unspecified atom stereocenters. The molecule has 23 heavy (non-hydrogen) atoms. The molecule has 0 saturated heterocycles. The summed E-state index contributed by atoms with van der Waals surface area (Å²) in [6.45, 7) is 8.10. The monoisotopic (exact) mass is 317 g/mol. The number of aliphatic hydroxyl groups excluding tert-OH is 1. The van der Waals surface area contributed by atoms with Crippen molar-refractivity contribution in [2.45, 2.75) is 40.8 Å². The summed E-state index contributed by atoms with van der Waals surface area (Å²) >= 11 is 0. The lowest BCUT2D eigenvalue weighted by Crippen LogP contribution is -2.28. The van der Waals surface area contributed by atoms with Crippen molar-refractivity contribution in [1.29, 1.82) is 0 Å². The van der Waals surface area contributed by atoms with Crippen molar-refractivity contribution >= 4 is 5.91 Å². The Labute approximate surface area is 135 Å². The summed E-state index contributed by atoms with van der Waals surface area (Å²) in [6, 6.07) is 3.68. The number of carbonyl (C=O) groups excluding carboxylic acids is 1. The number of pyridine rings is 1. The van der Waals surface area contributed by atoms with Gasteiger partial charge in [-0.3, -0.25) is 9.59 Å². The number of nitrogens with zero attached hydrogens (tertiary/aromatic N) is 1. The number of aromatic nitrogens is 2. The average molecular weight is 317 g/mol. The largest absolute Gasteiger partial charge is 0.395 e. The molecule has 2 rings (SSSR count). The van der Waals surface area contributed by atoms with E-state index in [2.05, 4.69) is 10.3 Å². The molecule has 1 amide bonds. The number of aryl methyl sites for hydroxylation is 3. The molecule has 6 nitrogen and oxygen atoms in total. The van der Waals surface area contributed by atoms with Crippen LogP contribution in [0.1, 0.15) is 38.6 Å². The second-order valence-corrected chi connectivity index (χ2v) is 5.79. The highest BCUT2D eigenvalue weighted by Gasteiger charge is 2.16. The van der Waals surface area contributed by atoms with E-state index >= 15 is 0 Å². The first-order valence-corrected chi connectivity index (χ1v) is 7.60. The Morgan fingerprint density at radius 2 is 1.96 bits per heavy atom. The van der Waals surface area contributed by atoms with Gasteiger partial charge in [0, 0.05) is 35.7 Å². The van der Waals surface area contributed by atoms with Gasteiger partial charge in [-0.05, 0) is 45.4 Å². The summed E-state index contributed by atoms with van der Waals surface area (Å²) in [4.78, 5) is 27.1. The van der Waals surface area contributed by atoms with Crippen molar-refractivity contribution in [2.75, 3.05) is 6.61 Å². The van der Waals surface area contributed by atoms with Crippen LogP contribution >= 0.6 is 0 Å². The Morgan fingerprint density at radius 3 is 2.57 bits per heavy atom. The molecule has 6 heteroatoms. The number of aliphatic hydroxyl groups is 1. The van der Waals surface area contributed by atoms with Crippen LogP contribution in [0.2, 0.25) is 0 Å². The first kappa shape index (κ1) is 17.0. The maximum absolute atomic E-state index is 12.4. The van der Waals surface area contributed by atoms with Crippen molar-refractivity contribution < 1.29 is 9.90 Å². The summed E-state index contributed by atoms with van der Waals surface area (Å²) in [7, 11) is 0. The van der Waals surface area contributed by atoms with E-state index in [0.717, 1.165) is 22.6 Å². The van der Waals surface area contributed by atoms with E-state index in [0.29, 0.717) is 17.7 Å². The molecule has 2 aromatic rings. The van der Waals surface area contributed by atoms with Gasteiger partial charge in [0.25, 0.3) is 11.5 Å². The Balaban J connectivity index is 2.18. The van der Waals surface area contributed by atoms with Crippen molar-refractivity contribution in [1.82, 2.24) is 14.9 Å². The Hall–Kier alpha value is -2.34. The zero-order valence-electron chi connectivity index (χ0n) is 14.0. The summed E-state index contributed by atoms with van der Waals surface area (Å²) in [5, 5.41) is 11.9. The topological polar surface area (TPSA) is 87.1 Å². The molecule has 2 aromatic heterocycles. The van der Waals surface area contributed by atoms with Crippen molar-refractivity contribution in [3.63, 3.8) is 0 Å². The maximum Gasteiger partial charge on any atom is 0.253 e. The summed E-state index contributed by atoms with van der Waals surface area (Å²) in [5.74, 6) is -0.221. The summed E-state index contributed by atoms with van der Waals surface area (Å²) in [5.41, 5.74) is 4.35. The lowest BCUT2D eigenvalue weighted by Gasteiger charge is -2.09. The van der Waals surface area contributed by atoms with E-state index in [-0.39, 0.29) is 24.6 Å². The molecular formula is C17H23N3O3. The van der Waals surface area contributed by atoms with E-state index in [1.54, 1.807) is 6.07 Å². The average Bonchev–Trinajstić information content (AvgIpc) is 2.74. The van der Waals surface area contributed by atoms with Crippen LogP contribution in [0.3, 0.4) is 0 Å². The first-order valence-electron chi connectivity index (χ1n) is 7.60. The van der Waals surface area contributed by atoms with Crippen molar-refractivity contribution in [2.24, 2.45) is 0 Å². The van der Waals surface area contributed by atoms with Gasteiger partial charge in [-0.15, -0.1) is 0 Å². The molecule has 0 atom stereocenters. The first-order chi connectivity index (χ1) is 10.8. The second-order valence-electron chi connectivity index (χ2n) is 5.79. The second kappa shape index (κ2) is 6.83. The van der Waals surface area contributed by atoms with Crippen molar-refractivity contribution in [3.05, 3.63) is 56.3 Å². The van der Waals surface area contributed by atoms with Gasteiger partial charge in [0.2, 0.25) is 0 Å². The molecule has 124 valence electrons. The molecule has 0 aliphatic rings. The Morgan fingerprint density at radius 1 is 1.26 bits per heavy atom. The van der Waals surface area contributed by atoms with Gasteiger partial charge < -0.3 is 20.0 Å². The van der Waals surface area contributed by atoms with E-state index in [1.807, 2.05) is 38.3 Å². The number of hydrogen-bond acceptors (Lipinski definition) is 3. The zero-order chi connectivity index (χ0) is 17.1. The van der Waals surface area contributed by atoms with E-state index < -0.39 is 0 Å². The summed E-state index contributed by atoms with van der Waals surface area (Å²) < 4.78 is 1.90. The van der Waals surface area contributed by atoms with Crippen LogP contribution in [-0.2, 0) is 13.1 Å². The number of H-pyrrole nitrogens is 1. The quantitative estimate of drug-likeness (QED) is 0.777. The predicted octanol–water partition coefficient (Wildman–Crippen LogP) is 1.33. The molecule has 0 saturated carbocycles. The van der Waals surface area contributed by atoms with Gasteiger partial charge >= 0.3 is 0 Å². The molecule has 0 bridgehead atoms. The Kier molecular flexibility index (Phi) is 5.05. The lowest BCUT2D eigenvalue weighted by atomic mass is 10.1. The minimum Gasteiger partial charge on any atom is -0.395 e. The van der Waals surface area contributed by atoms with Gasteiger partial charge in [-0.2, -0.15) is 0 Å². The highest BCUT2D eigenvalue weighted by Crippen LogP contribution is 2.15. The molecule has 0 fully saturated rings. The minimum atomic E-state index is -0.221. The van der Waals surface area contributed by atoms with Crippen molar-refractivity contribution in [3.8, 4) is 0 Å². The fourth-order valence-corrected chi connectivity index (χ4v) is 2.84. The number of carbonyl (C=O) groups is 1. The fourth-order valence-electron chi connectivity index (χ4n) is 2.84. The number of hydrogen-bond donors (Lipinski definition) is 3. The SMILES string of the molecule is Cc1cc(C)c(CNC(=O)c2cc(C)n(CCO)c2C)c(=O)[nH]1. The third kappa shape index (κ3) is 3.53. The number of aromatic amines is 1. The smallest absolute Gasteiger partial charge is 0.253 e. The normalized spacial score (nSPS) is 10.8. The van der Waals surface area contributed by atoms with Crippen LogP contribution in [0.4, 0.5) is 0 Å². The fraction of sp³-hybridized carbons (Fsp3) is 0.412. The Bertz CT molecular complexity index is 787. The number of nitrogens with one attached hydrogen (secondary N) is 2.